The smallest absolute Gasteiger partial charge is 0.259 e. The second-order valence-corrected chi connectivity index (χ2v) is 8.41. The zero-order valence-corrected chi connectivity index (χ0v) is 18.5. The third-order valence-corrected chi connectivity index (χ3v) is 6.25. The van der Waals surface area contributed by atoms with Gasteiger partial charge in [0.15, 0.2) is 0 Å². The maximum Gasteiger partial charge on any atom is 0.259 e. The summed E-state index contributed by atoms with van der Waals surface area (Å²) < 4.78 is 1.64. The van der Waals surface area contributed by atoms with Crippen LogP contribution in [-0.4, -0.2) is 31.2 Å². The average molecular weight is 454 g/mol. The van der Waals surface area contributed by atoms with Crippen LogP contribution in [0.5, 0.6) is 5.75 Å². The van der Waals surface area contributed by atoms with E-state index in [1.165, 1.54) is 11.8 Å². The highest BCUT2D eigenvalue weighted by Gasteiger charge is 2.20. The molecule has 0 saturated heterocycles. The van der Waals surface area contributed by atoms with Crippen LogP contribution in [0, 0.1) is 6.92 Å². The Bertz CT molecular complexity index is 1470. The number of para-hydroxylation sites is 2. The Morgan fingerprint density at radius 2 is 1.64 bits per heavy atom. The van der Waals surface area contributed by atoms with Gasteiger partial charge in [-0.3, -0.25) is 4.79 Å². The van der Waals surface area contributed by atoms with E-state index in [9.17, 15) is 9.90 Å². The molecule has 7 nitrogen and oxygen atoms in total. The number of fused-ring (bicyclic) bond motifs is 1. The average Bonchev–Trinajstić information content (AvgIpc) is 3.31. The Kier molecular flexibility index (Phi) is 5.50. The summed E-state index contributed by atoms with van der Waals surface area (Å²) in [7, 11) is 0. The Morgan fingerprint density at radius 1 is 0.939 bits per heavy atom. The molecule has 4 aromatic carbocycles. The number of phenolic OH excluding ortho intramolecular Hbond substituents is 1. The summed E-state index contributed by atoms with van der Waals surface area (Å²) in [6.07, 6.45) is 0. The van der Waals surface area contributed by atoms with Gasteiger partial charge in [-0.2, -0.15) is 4.68 Å². The molecule has 0 atom stereocenters. The first-order chi connectivity index (χ1) is 16.1. The molecular weight excluding hydrogens is 434 g/mol. The minimum Gasteiger partial charge on any atom is -0.506 e. The van der Waals surface area contributed by atoms with Crippen LogP contribution in [0.15, 0.2) is 95.0 Å². The topological polar surface area (TPSA) is 92.9 Å². The molecule has 0 aliphatic carbocycles. The third-order valence-electron chi connectivity index (χ3n) is 5.26. The molecule has 0 spiro atoms. The molecule has 162 valence electrons. The number of carbonyl (C=O) groups excluding carboxylic acids is 1. The fraction of sp³-hybridized carbons (Fsp3) is 0.0400. The number of tetrazole rings is 1. The van der Waals surface area contributed by atoms with Crippen LogP contribution in [0.1, 0.15) is 15.9 Å². The standard InChI is InChI=1S/C25H19N5O2S/c1-16-9-5-8-14-21(16)26-24(32)20-15-22(18-12-6-7-13-19(18)23(20)31)33-25-27-28-29-30(25)17-10-3-2-4-11-17/h2-15,31H,1H3,(H,26,32). The van der Waals surface area contributed by atoms with Gasteiger partial charge in [-0.15, -0.1) is 5.10 Å². The summed E-state index contributed by atoms with van der Waals surface area (Å²) in [5.41, 5.74) is 2.63. The fourth-order valence-corrected chi connectivity index (χ4v) is 4.53. The van der Waals surface area contributed by atoms with Crippen molar-refractivity contribution in [2.45, 2.75) is 17.0 Å². The van der Waals surface area contributed by atoms with Crippen molar-refractivity contribution < 1.29 is 9.90 Å². The monoisotopic (exact) mass is 453 g/mol. The quantitative estimate of drug-likeness (QED) is 0.378. The number of benzene rings is 4. The van der Waals surface area contributed by atoms with Crippen molar-refractivity contribution in [2.24, 2.45) is 0 Å². The van der Waals surface area contributed by atoms with E-state index in [4.69, 9.17) is 0 Å². The van der Waals surface area contributed by atoms with Gasteiger partial charge < -0.3 is 10.4 Å². The lowest BCUT2D eigenvalue weighted by molar-refractivity contribution is 0.102. The van der Waals surface area contributed by atoms with Crippen molar-refractivity contribution >= 4 is 34.1 Å². The van der Waals surface area contributed by atoms with Crippen molar-refractivity contribution in [3.8, 4) is 11.4 Å². The van der Waals surface area contributed by atoms with Crippen LogP contribution >= 0.6 is 11.8 Å². The SMILES string of the molecule is Cc1ccccc1NC(=O)c1cc(Sc2nnnn2-c2ccccc2)c2ccccc2c1O. The van der Waals surface area contributed by atoms with E-state index in [0.717, 1.165) is 21.5 Å². The van der Waals surface area contributed by atoms with E-state index < -0.39 is 5.91 Å². The molecule has 0 unspecified atom stereocenters. The molecule has 5 rings (SSSR count). The van der Waals surface area contributed by atoms with Crippen molar-refractivity contribution in [3.63, 3.8) is 0 Å². The normalized spacial score (nSPS) is 10.9. The number of rotatable bonds is 5. The van der Waals surface area contributed by atoms with Crippen LogP contribution in [0.2, 0.25) is 0 Å². The minimum absolute atomic E-state index is 0.0660. The Balaban J connectivity index is 1.58. The summed E-state index contributed by atoms with van der Waals surface area (Å²) >= 11 is 1.33. The van der Waals surface area contributed by atoms with Gasteiger partial charge >= 0.3 is 0 Å². The summed E-state index contributed by atoms with van der Waals surface area (Å²) in [6, 6.07) is 26.2. The maximum absolute atomic E-state index is 13.1. The highest BCUT2D eigenvalue weighted by atomic mass is 32.2. The highest BCUT2D eigenvalue weighted by molar-refractivity contribution is 7.99. The molecule has 1 heterocycles. The van der Waals surface area contributed by atoms with Gasteiger partial charge in [0.2, 0.25) is 5.16 Å². The highest BCUT2D eigenvalue weighted by Crippen LogP contribution is 2.39. The van der Waals surface area contributed by atoms with Gasteiger partial charge in [0.25, 0.3) is 5.91 Å². The van der Waals surface area contributed by atoms with Crippen molar-refractivity contribution in [1.29, 1.82) is 0 Å². The van der Waals surface area contributed by atoms with E-state index in [1.807, 2.05) is 79.7 Å². The Hall–Kier alpha value is -4.17. The van der Waals surface area contributed by atoms with Crippen LogP contribution in [0.25, 0.3) is 16.5 Å². The predicted molar refractivity (Wildman–Crippen MR) is 128 cm³/mol. The van der Waals surface area contributed by atoms with E-state index in [-0.39, 0.29) is 11.3 Å². The molecule has 33 heavy (non-hydrogen) atoms. The van der Waals surface area contributed by atoms with Gasteiger partial charge in [0.1, 0.15) is 5.75 Å². The molecular formula is C25H19N5O2S. The van der Waals surface area contributed by atoms with Crippen LogP contribution in [0.4, 0.5) is 5.69 Å². The minimum atomic E-state index is -0.392. The first-order valence-electron chi connectivity index (χ1n) is 10.2. The van der Waals surface area contributed by atoms with Gasteiger partial charge in [-0.1, -0.05) is 60.7 Å². The van der Waals surface area contributed by atoms with Crippen LogP contribution < -0.4 is 5.32 Å². The summed E-state index contributed by atoms with van der Waals surface area (Å²) in [6.45, 7) is 1.92. The van der Waals surface area contributed by atoms with Crippen molar-refractivity contribution in [1.82, 2.24) is 20.2 Å². The van der Waals surface area contributed by atoms with Crippen LogP contribution in [-0.2, 0) is 0 Å². The molecule has 0 fully saturated rings. The number of hydrogen-bond donors (Lipinski definition) is 2. The van der Waals surface area contributed by atoms with Crippen LogP contribution in [0.3, 0.4) is 0 Å². The van der Waals surface area contributed by atoms with Crippen molar-refractivity contribution in [3.05, 3.63) is 96.1 Å². The third kappa shape index (κ3) is 4.04. The number of aryl methyl sites for hydroxylation is 1. The van der Waals surface area contributed by atoms with Gasteiger partial charge in [-0.05, 0) is 64.3 Å². The molecule has 8 heteroatoms. The number of nitrogens with one attached hydrogen (secondary N) is 1. The number of anilines is 1. The summed E-state index contributed by atoms with van der Waals surface area (Å²) in [4.78, 5) is 13.9. The molecule has 0 bridgehead atoms. The van der Waals surface area contributed by atoms with Gasteiger partial charge in [0, 0.05) is 16.0 Å². The van der Waals surface area contributed by atoms with E-state index in [1.54, 1.807) is 16.8 Å². The lowest BCUT2D eigenvalue weighted by atomic mass is 10.0. The summed E-state index contributed by atoms with van der Waals surface area (Å²) in [5.74, 6) is -0.458. The number of aromatic nitrogens is 4. The second kappa shape index (κ2) is 8.76. The molecule has 1 amide bonds. The molecule has 2 N–H and O–H groups in total. The van der Waals surface area contributed by atoms with E-state index in [0.29, 0.717) is 16.2 Å². The lowest BCUT2D eigenvalue weighted by Gasteiger charge is -2.14. The zero-order chi connectivity index (χ0) is 22.8. The molecule has 0 aliphatic heterocycles. The molecule has 0 saturated carbocycles. The molecule has 0 aliphatic rings. The summed E-state index contributed by atoms with van der Waals surface area (Å²) in [5, 5.41) is 27.9. The first-order valence-corrected chi connectivity index (χ1v) is 11.1. The number of amides is 1. The predicted octanol–water partition coefficient (Wildman–Crippen LogP) is 5.23. The zero-order valence-electron chi connectivity index (χ0n) is 17.6. The van der Waals surface area contributed by atoms with E-state index >= 15 is 0 Å². The second-order valence-electron chi connectivity index (χ2n) is 7.40. The number of hydrogen-bond acceptors (Lipinski definition) is 6. The number of aromatic hydroxyl groups is 1. The molecule has 0 radical (unpaired) electrons. The largest absolute Gasteiger partial charge is 0.506 e. The number of carbonyl (C=O) groups is 1. The Labute approximate surface area is 194 Å². The van der Waals surface area contributed by atoms with Gasteiger partial charge in [0.05, 0.1) is 11.3 Å². The number of phenols is 1. The molecule has 1 aromatic heterocycles. The first kappa shape index (κ1) is 20.7. The lowest BCUT2D eigenvalue weighted by Crippen LogP contribution is -2.13. The van der Waals surface area contributed by atoms with E-state index in [2.05, 4.69) is 20.8 Å². The van der Waals surface area contributed by atoms with Gasteiger partial charge in [-0.25, -0.2) is 0 Å². The maximum atomic E-state index is 13.1. The Morgan fingerprint density at radius 3 is 2.42 bits per heavy atom. The number of nitrogens with zero attached hydrogens (tertiary/aromatic N) is 4. The molecule has 5 aromatic rings. The van der Waals surface area contributed by atoms with Crippen molar-refractivity contribution in [2.75, 3.05) is 5.32 Å². The fourth-order valence-electron chi connectivity index (χ4n) is 3.56.